The van der Waals surface area contributed by atoms with Crippen LogP contribution < -0.4 is 0 Å². The van der Waals surface area contributed by atoms with Crippen molar-refractivity contribution in [2.45, 2.75) is 11.8 Å². The van der Waals surface area contributed by atoms with Crippen molar-refractivity contribution in [3.8, 4) is 0 Å². The Morgan fingerprint density at radius 2 is 1.75 bits per heavy atom. The highest BCUT2D eigenvalue weighted by Gasteiger charge is 2.10. The van der Waals surface area contributed by atoms with Crippen molar-refractivity contribution in [2.24, 2.45) is 9.86 Å². The molecular formula is C7H8N4O4S. The molecule has 0 unspecified atom stereocenters. The van der Waals surface area contributed by atoms with Gasteiger partial charge in [-0.3, -0.25) is 0 Å². The van der Waals surface area contributed by atoms with Crippen LogP contribution in [0.5, 0.6) is 0 Å². The first-order valence-corrected chi connectivity index (χ1v) is 5.26. The lowest BCUT2D eigenvalue weighted by atomic mass is 10.2. The molecule has 1 N–H and O–H groups in total. The molecule has 8 nitrogen and oxygen atoms in total. The zero-order valence-corrected chi connectivity index (χ0v) is 8.99. The smallest absolute Gasteiger partial charge is 0.264 e. The third-order valence-corrected chi connectivity index (χ3v) is 2.62. The minimum absolute atomic E-state index is 0.0101. The molecule has 0 aliphatic rings. The van der Waals surface area contributed by atoms with Crippen LogP contribution in [0, 0.1) is 11.8 Å². The van der Waals surface area contributed by atoms with Crippen LogP contribution in [0.25, 0.3) is 10.4 Å². The molecule has 1 aromatic carbocycles. The van der Waals surface area contributed by atoms with Gasteiger partial charge in [-0.2, -0.15) is 0 Å². The van der Waals surface area contributed by atoms with E-state index in [1.54, 1.807) is 12.1 Å². The van der Waals surface area contributed by atoms with Gasteiger partial charge in [-0.15, -0.1) is 4.91 Å². The van der Waals surface area contributed by atoms with Crippen molar-refractivity contribution >= 4 is 10.0 Å². The molecule has 0 radical (unpaired) electrons. The van der Waals surface area contributed by atoms with Crippen LogP contribution in [-0.2, 0) is 10.0 Å². The quantitative estimate of drug-likeness (QED) is 0.280. The summed E-state index contributed by atoms with van der Waals surface area (Å²) in [4.78, 5) is 10.4. The van der Waals surface area contributed by atoms with E-state index in [-0.39, 0.29) is 4.90 Å². The molecule has 0 atom stereocenters. The van der Waals surface area contributed by atoms with Gasteiger partial charge >= 0.3 is 0 Å². The van der Waals surface area contributed by atoms with E-state index < -0.39 is 10.0 Å². The maximum Gasteiger partial charge on any atom is 0.264 e. The van der Waals surface area contributed by atoms with Crippen molar-refractivity contribution in [1.29, 1.82) is 0 Å². The predicted octanol–water partition coefficient (Wildman–Crippen LogP) is 2.14. The van der Waals surface area contributed by atoms with Gasteiger partial charge in [0.25, 0.3) is 10.0 Å². The molecule has 0 aromatic heterocycles. The Bertz CT molecular complexity index is 490. The molecule has 1 aromatic rings. The Hall–Kier alpha value is -2.12. The average Bonchev–Trinajstić information content (AvgIpc) is 2.19. The lowest BCUT2D eigenvalue weighted by Gasteiger charge is -1.96. The molecule has 0 aliphatic heterocycles. The number of rotatable bonds is 2. The molecule has 86 valence electrons. The van der Waals surface area contributed by atoms with Crippen LogP contribution in [0.1, 0.15) is 5.56 Å². The SMILES string of the molecule is Cc1ccc(S(=O)(=O)N=[N+]=[N-])cc1.O=NO. The van der Waals surface area contributed by atoms with Crippen molar-refractivity contribution < 1.29 is 13.6 Å². The first-order chi connectivity index (χ1) is 7.47. The number of nitrogens with zero attached hydrogens (tertiary/aromatic N) is 4. The Balaban J connectivity index is 0.000000673. The number of aryl methyl sites for hydroxylation is 1. The number of benzene rings is 1. The topological polar surface area (TPSA) is 133 Å². The molecule has 0 saturated carbocycles. The summed E-state index contributed by atoms with van der Waals surface area (Å²) in [6.45, 7) is 1.84. The second-order valence-corrected chi connectivity index (χ2v) is 4.13. The maximum absolute atomic E-state index is 11.1. The molecule has 0 saturated heterocycles. The highest BCUT2D eigenvalue weighted by atomic mass is 32.2. The van der Waals surface area contributed by atoms with E-state index >= 15 is 0 Å². The predicted molar refractivity (Wildman–Crippen MR) is 55.1 cm³/mol. The maximum atomic E-state index is 11.1. The van der Waals surface area contributed by atoms with Gasteiger partial charge in [-0.25, -0.2) is 8.42 Å². The monoisotopic (exact) mass is 244 g/mol. The van der Waals surface area contributed by atoms with Crippen LogP contribution in [0.3, 0.4) is 0 Å². The third-order valence-electron chi connectivity index (χ3n) is 1.46. The standard InChI is InChI=1S/C7H7N3O2S.HNO2/c1-6-2-4-7(5-3-6)13(11,12)10-9-8;2-1-3/h2-5H,1H3;(H,2,3). The second kappa shape index (κ2) is 6.38. The number of hydrogen-bond donors (Lipinski definition) is 1. The fourth-order valence-corrected chi connectivity index (χ4v) is 1.48. The highest BCUT2D eigenvalue weighted by Crippen LogP contribution is 2.12. The summed E-state index contributed by atoms with van der Waals surface area (Å²) in [5.41, 5.74) is 8.94. The van der Waals surface area contributed by atoms with Gasteiger partial charge in [-0.1, -0.05) is 17.7 Å². The van der Waals surface area contributed by atoms with E-state index in [4.69, 9.17) is 15.6 Å². The van der Waals surface area contributed by atoms with Gasteiger partial charge in [0, 0.05) is 9.43 Å². The minimum atomic E-state index is -3.82. The second-order valence-electron chi connectivity index (χ2n) is 2.54. The molecule has 0 bridgehead atoms. The molecule has 0 aliphatic carbocycles. The largest absolute Gasteiger partial charge is 0.379 e. The third kappa shape index (κ3) is 4.40. The van der Waals surface area contributed by atoms with Crippen LogP contribution in [0.15, 0.2) is 39.0 Å². The molecule has 0 fully saturated rings. The van der Waals surface area contributed by atoms with Gasteiger partial charge in [0.05, 0.1) is 4.90 Å². The fraction of sp³-hybridized carbons (Fsp3) is 0.143. The van der Waals surface area contributed by atoms with Gasteiger partial charge in [0.15, 0.2) is 5.34 Å². The van der Waals surface area contributed by atoms with E-state index in [1.165, 1.54) is 17.5 Å². The van der Waals surface area contributed by atoms with Gasteiger partial charge in [0.1, 0.15) is 0 Å². The van der Waals surface area contributed by atoms with Crippen LogP contribution in [-0.4, -0.2) is 13.6 Å². The summed E-state index contributed by atoms with van der Waals surface area (Å²) >= 11 is 0. The molecule has 9 heteroatoms. The fourth-order valence-electron chi connectivity index (χ4n) is 0.805. The highest BCUT2D eigenvalue weighted by molar-refractivity contribution is 7.90. The Morgan fingerprint density at radius 1 is 1.31 bits per heavy atom. The molecule has 1 rings (SSSR count). The van der Waals surface area contributed by atoms with E-state index in [0.717, 1.165) is 5.56 Å². The summed E-state index contributed by atoms with van der Waals surface area (Å²) < 4.78 is 25.0. The molecule has 0 heterocycles. The van der Waals surface area contributed by atoms with Gasteiger partial charge in [0.2, 0.25) is 0 Å². The minimum Gasteiger partial charge on any atom is -0.379 e. The molecule has 16 heavy (non-hydrogen) atoms. The van der Waals surface area contributed by atoms with Crippen LogP contribution in [0.4, 0.5) is 0 Å². The lowest BCUT2D eigenvalue weighted by Crippen LogP contribution is -1.94. The first kappa shape index (κ1) is 13.9. The van der Waals surface area contributed by atoms with Crippen LogP contribution >= 0.6 is 0 Å². The van der Waals surface area contributed by atoms with Crippen molar-refractivity contribution in [3.05, 3.63) is 45.2 Å². The van der Waals surface area contributed by atoms with Gasteiger partial charge < -0.3 is 5.21 Å². The van der Waals surface area contributed by atoms with E-state index in [2.05, 4.69) is 9.43 Å². The lowest BCUT2D eigenvalue weighted by molar-refractivity contribution is 0.312. The average molecular weight is 244 g/mol. The molecule has 0 amide bonds. The van der Waals surface area contributed by atoms with E-state index in [9.17, 15) is 8.42 Å². The summed E-state index contributed by atoms with van der Waals surface area (Å²) in [6.07, 6.45) is 0. The molecular weight excluding hydrogens is 236 g/mol. The number of azide groups is 1. The van der Waals surface area contributed by atoms with E-state index in [1.807, 2.05) is 6.92 Å². The van der Waals surface area contributed by atoms with Gasteiger partial charge in [-0.05, 0) is 24.6 Å². The Morgan fingerprint density at radius 3 is 2.12 bits per heavy atom. The van der Waals surface area contributed by atoms with Crippen LogP contribution in [0.2, 0.25) is 0 Å². The van der Waals surface area contributed by atoms with Crippen molar-refractivity contribution in [3.63, 3.8) is 0 Å². The van der Waals surface area contributed by atoms with Crippen molar-refractivity contribution in [1.82, 2.24) is 0 Å². The number of sulfonamides is 1. The Kier molecular flexibility index (Phi) is 5.53. The Labute approximate surface area is 91.1 Å². The first-order valence-electron chi connectivity index (χ1n) is 3.82. The summed E-state index contributed by atoms with van der Waals surface area (Å²) in [6, 6.07) is 6.08. The van der Waals surface area contributed by atoms with E-state index in [0.29, 0.717) is 0 Å². The van der Waals surface area contributed by atoms with Crippen molar-refractivity contribution in [2.75, 3.05) is 0 Å². The zero-order chi connectivity index (χ0) is 12.6. The normalized spacial score (nSPS) is 9.31. The summed E-state index contributed by atoms with van der Waals surface area (Å²) in [5, 5.41) is 7.89. The zero-order valence-electron chi connectivity index (χ0n) is 8.18. The molecule has 0 spiro atoms. The number of hydrogen-bond acceptors (Lipinski definition) is 4. The summed E-state index contributed by atoms with van der Waals surface area (Å²) in [5.74, 6) is 0. The summed E-state index contributed by atoms with van der Waals surface area (Å²) in [7, 11) is -3.82.